The van der Waals surface area contributed by atoms with Gasteiger partial charge in [-0.25, -0.2) is 0 Å². The lowest BCUT2D eigenvalue weighted by molar-refractivity contribution is -0.0835. The first-order chi connectivity index (χ1) is 13.3. The normalized spacial score (nSPS) is 21.7. The van der Waals surface area contributed by atoms with E-state index in [-0.39, 0.29) is 17.6 Å². The SMILES string of the molecule is CN=C(NCC(C)Oc1ccccc1OC)NCC1CCCOC1C(C)(C)C. The molecule has 28 heavy (non-hydrogen) atoms. The van der Waals surface area contributed by atoms with Gasteiger partial charge in [0.05, 0.1) is 19.8 Å². The Morgan fingerprint density at radius 3 is 2.61 bits per heavy atom. The molecule has 0 spiro atoms. The minimum Gasteiger partial charge on any atom is -0.493 e. The number of aliphatic imine (C=N–C) groups is 1. The highest BCUT2D eigenvalue weighted by molar-refractivity contribution is 5.79. The van der Waals surface area contributed by atoms with Crippen molar-refractivity contribution >= 4 is 5.96 Å². The molecule has 1 saturated heterocycles. The highest BCUT2D eigenvalue weighted by atomic mass is 16.5. The summed E-state index contributed by atoms with van der Waals surface area (Å²) in [5, 5.41) is 6.81. The standard InChI is InChI=1S/C22H37N3O3/c1-16(28-19-12-8-7-11-18(19)26-6)14-24-21(23-5)25-15-17-10-9-13-27-20(17)22(2,3)4/h7-8,11-12,16-17,20H,9-10,13-15H2,1-6H3,(H2,23,24,25). The Morgan fingerprint density at radius 1 is 1.25 bits per heavy atom. The maximum atomic E-state index is 6.08. The quantitative estimate of drug-likeness (QED) is 0.550. The average Bonchev–Trinajstić information content (AvgIpc) is 2.68. The Bertz CT molecular complexity index is 628. The van der Waals surface area contributed by atoms with Crippen LogP contribution in [-0.4, -0.2) is 52.0 Å². The average molecular weight is 392 g/mol. The van der Waals surface area contributed by atoms with Crippen molar-refractivity contribution < 1.29 is 14.2 Å². The van der Waals surface area contributed by atoms with Crippen LogP contribution in [0.3, 0.4) is 0 Å². The summed E-state index contributed by atoms with van der Waals surface area (Å²) >= 11 is 0. The second-order valence-electron chi connectivity index (χ2n) is 8.47. The van der Waals surface area contributed by atoms with E-state index in [4.69, 9.17) is 14.2 Å². The number of nitrogens with one attached hydrogen (secondary N) is 2. The Balaban J connectivity index is 1.82. The van der Waals surface area contributed by atoms with Crippen molar-refractivity contribution in [3.8, 4) is 11.5 Å². The van der Waals surface area contributed by atoms with E-state index in [0.29, 0.717) is 12.5 Å². The molecule has 0 aromatic heterocycles. The first kappa shape index (κ1) is 22.3. The van der Waals surface area contributed by atoms with Crippen LogP contribution in [0.15, 0.2) is 29.3 Å². The van der Waals surface area contributed by atoms with Gasteiger partial charge in [0, 0.05) is 26.1 Å². The van der Waals surface area contributed by atoms with Crippen molar-refractivity contribution in [3.63, 3.8) is 0 Å². The molecule has 0 amide bonds. The summed E-state index contributed by atoms with van der Waals surface area (Å²) in [4.78, 5) is 4.35. The molecular weight excluding hydrogens is 354 g/mol. The third-order valence-electron chi connectivity index (χ3n) is 5.01. The van der Waals surface area contributed by atoms with E-state index in [0.717, 1.165) is 37.0 Å². The van der Waals surface area contributed by atoms with Crippen molar-refractivity contribution in [1.29, 1.82) is 0 Å². The van der Waals surface area contributed by atoms with E-state index in [1.165, 1.54) is 6.42 Å². The number of hydrogen-bond acceptors (Lipinski definition) is 4. The zero-order valence-corrected chi connectivity index (χ0v) is 18.2. The number of methoxy groups -OCH3 is 1. The predicted octanol–water partition coefficient (Wildman–Crippen LogP) is 3.47. The van der Waals surface area contributed by atoms with Crippen LogP contribution in [0.1, 0.15) is 40.5 Å². The predicted molar refractivity (Wildman–Crippen MR) is 114 cm³/mol. The van der Waals surface area contributed by atoms with Crippen LogP contribution < -0.4 is 20.1 Å². The first-order valence-electron chi connectivity index (χ1n) is 10.2. The number of nitrogens with zero attached hydrogens (tertiary/aromatic N) is 1. The maximum absolute atomic E-state index is 6.08. The highest BCUT2D eigenvalue weighted by Gasteiger charge is 2.35. The first-order valence-corrected chi connectivity index (χ1v) is 10.2. The van der Waals surface area contributed by atoms with E-state index in [2.05, 4.69) is 36.4 Å². The van der Waals surface area contributed by atoms with Crippen LogP contribution in [-0.2, 0) is 4.74 Å². The summed E-state index contributed by atoms with van der Waals surface area (Å²) < 4.78 is 17.4. The molecule has 1 aromatic carbocycles. The van der Waals surface area contributed by atoms with Gasteiger partial charge in [-0.15, -0.1) is 0 Å². The van der Waals surface area contributed by atoms with Gasteiger partial charge in [-0.2, -0.15) is 0 Å². The molecule has 1 aliphatic rings. The second-order valence-corrected chi connectivity index (χ2v) is 8.47. The highest BCUT2D eigenvalue weighted by Crippen LogP contribution is 2.33. The van der Waals surface area contributed by atoms with Gasteiger partial charge in [0.25, 0.3) is 0 Å². The fourth-order valence-electron chi connectivity index (χ4n) is 3.67. The van der Waals surface area contributed by atoms with Crippen molar-refractivity contribution in [2.24, 2.45) is 16.3 Å². The lowest BCUT2D eigenvalue weighted by Gasteiger charge is -2.40. The van der Waals surface area contributed by atoms with E-state index in [9.17, 15) is 0 Å². The summed E-state index contributed by atoms with van der Waals surface area (Å²) in [5.74, 6) is 2.75. The molecule has 0 aliphatic carbocycles. The zero-order chi connectivity index (χ0) is 20.6. The molecule has 6 heteroatoms. The van der Waals surface area contributed by atoms with Gasteiger partial charge >= 0.3 is 0 Å². The third kappa shape index (κ3) is 6.59. The molecule has 0 saturated carbocycles. The largest absolute Gasteiger partial charge is 0.493 e. The van der Waals surface area contributed by atoms with E-state index in [1.807, 2.05) is 31.2 Å². The van der Waals surface area contributed by atoms with Crippen molar-refractivity contribution in [2.45, 2.75) is 52.7 Å². The summed E-state index contributed by atoms with van der Waals surface area (Å²) in [5.41, 5.74) is 0.140. The minimum absolute atomic E-state index is 0.0322. The molecule has 6 nitrogen and oxygen atoms in total. The van der Waals surface area contributed by atoms with Gasteiger partial charge in [-0.1, -0.05) is 32.9 Å². The number of guanidine groups is 1. The maximum Gasteiger partial charge on any atom is 0.191 e. The molecule has 1 heterocycles. The third-order valence-corrected chi connectivity index (χ3v) is 5.01. The van der Waals surface area contributed by atoms with Crippen LogP contribution in [0.4, 0.5) is 0 Å². The van der Waals surface area contributed by atoms with Gasteiger partial charge in [0.2, 0.25) is 0 Å². The molecule has 3 atom stereocenters. The summed E-state index contributed by atoms with van der Waals surface area (Å²) in [6.07, 6.45) is 2.53. The zero-order valence-electron chi connectivity index (χ0n) is 18.2. The molecule has 1 aliphatic heterocycles. The van der Waals surface area contributed by atoms with Crippen molar-refractivity contribution in [3.05, 3.63) is 24.3 Å². The Kier molecular flexibility index (Phi) is 8.42. The van der Waals surface area contributed by atoms with Crippen LogP contribution >= 0.6 is 0 Å². The number of para-hydroxylation sites is 2. The van der Waals surface area contributed by atoms with Crippen LogP contribution in [0.2, 0.25) is 0 Å². The van der Waals surface area contributed by atoms with Gasteiger partial charge in [0.1, 0.15) is 6.10 Å². The van der Waals surface area contributed by atoms with Gasteiger partial charge in [0.15, 0.2) is 17.5 Å². The van der Waals surface area contributed by atoms with E-state index < -0.39 is 0 Å². The monoisotopic (exact) mass is 391 g/mol. The van der Waals surface area contributed by atoms with Gasteiger partial charge in [-0.05, 0) is 37.3 Å². The van der Waals surface area contributed by atoms with Crippen LogP contribution in [0.5, 0.6) is 11.5 Å². The molecule has 3 unspecified atom stereocenters. The number of hydrogen-bond donors (Lipinski definition) is 2. The van der Waals surface area contributed by atoms with Crippen molar-refractivity contribution in [2.75, 3.05) is 33.9 Å². The van der Waals surface area contributed by atoms with Gasteiger partial charge < -0.3 is 24.8 Å². The van der Waals surface area contributed by atoms with E-state index in [1.54, 1.807) is 14.2 Å². The Hall–Kier alpha value is -1.95. The van der Waals surface area contributed by atoms with Crippen molar-refractivity contribution in [1.82, 2.24) is 10.6 Å². The molecule has 0 radical (unpaired) electrons. The summed E-state index contributed by atoms with van der Waals surface area (Å²) in [6.45, 7) is 11.1. The summed E-state index contributed by atoms with van der Waals surface area (Å²) in [6, 6.07) is 7.68. The molecule has 0 bridgehead atoms. The molecule has 1 aromatic rings. The Labute approximate surface area is 170 Å². The molecule has 2 rings (SSSR count). The second kappa shape index (κ2) is 10.6. The van der Waals surface area contributed by atoms with Crippen LogP contribution in [0, 0.1) is 11.3 Å². The molecule has 2 N–H and O–H groups in total. The molecule has 158 valence electrons. The smallest absolute Gasteiger partial charge is 0.191 e. The topological polar surface area (TPSA) is 64.1 Å². The van der Waals surface area contributed by atoms with Gasteiger partial charge in [-0.3, -0.25) is 4.99 Å². The summed E-state index contributed by atoms with van der Waals surface area (Å²) in [7, 11) is 3.44. The van der Waals surface area contributed by atoms with Crippen LogP contribution in [0.25, 0.3) is 0 Å². The minimum atomic E-state index is -0.0322. The lowest BCUT2D eigenvalue weighted by Crippen LogP contribution is -2.48. The molecular formula is C22H37N3O3. The van der Waals surface area contributed by atoms with E-state index >= 15 is 0 Å². The molecule has 1 fully saturated rings. The Morgan fingerprint density at radius 2 is 1.96 bits per heavy atom. The fourth-order valence-corrected chi connectivity index (χ4v) is 3.67. The lowest BCUT2D eigenvalue weighted by atomic mass is 9.78. The fraction of sp³-hybridized carbons (Fsp3) is 0.682. The number of rotatable bonds is 7. The number of benzene rings is 1. The number of ether oxygens (including phenoxy) is 3.